The Morgan fingerprint density at radius 3 is 2.58 bits per heavy atom. The fourth-order valence-corrected chi connectivity index (χ4v) is 4.25. The molecule has 0 bridgehead atoms. The monoisotopic (exact) mass is 444 g/mol. The van der Waals surface area contributed by atoms with Gasteiger partial charge in [-0.3, -0.25) is 15.0 Å². The van der Waals surface area contributed by atoms with Crippen molar-refractivity contribution < 1.29 is 14.3 Å². The van der Waals surface area contributed by atoms with Crippen LogP contribution in [-0.4, -0.2) is 56.0 Å². The number of fused-ring (bicyclic) bond motifs is 1. The van der Waals surface area contributed by atoms with Gasteiger partial charge in [-0.2, -0.15) is 0 Å². The van der Waals surface area contributed by atoms with Crippen molar-refractivity contribution in [2.45, 2.75) is 18.5 Å². The van der Waals surface area contributed by atoms with Crippen molar-refractivity contribution in [2.24, 2.45) is 0 Å². The molecule has 0 aliphatic carbocycles. The van der Waals surface area contributed by atoms with Crippen molar-refractivity contribution in [1.29, 1.82) is 0 Å². The van der Waals surface area contributed by atoms with Crippen LogP contribution in [0.4, 0.5) is 4.79 Å². The van der Waals surface area contributed by atoms with Crippen LogP contribution in [-0.2, 0) is 16.9 Å². The SMILES string of the molecule is C=C1c2ccc(OC)cc2CN1CCC1(c2ccc(C#CCN(C)C)cc2)NC(=O)NC1=O. The maximum atomic E-state index is 12.9. The third-order valence-corrected chi connectivity index (χ3v) is 6.07. The number of carbonyl (C=O) groups excluding carboxylic acids is 2. The van der Waals surface area contributed by atoms with Crippen molar-refractivity contribution in [1.82, 2.24) is 20.4 Å². The molecule has 7 heteroatoms. The van der Waals surface area contributed by atoms with Gasteiger partial charge in [0.25, 0.3) is 5.91 Å². The number of hydrogen-bond donors (Lipinski definition) is 2. The summed E-state index contributed by atoms with van der Waals surface area (Å²) in [7, 11) is 5.58. The zero-order valence-electron chi connectivity index (χ0n) is 19.2. The van der Waals surface area contributed by atoms with E-state index >= 15 is 0 Å². The molecule has 0 aromatic heterocycles. The van der Waals surface area contributed by atoms with Gasteiger partial charge in [-0.25, -0.2) is 4.79 Å². The minimum atomic E-state index is -1.14. The number of benzene rings is 2. The van der Waals surface area contributed by atoms with Crippen LogP contribution in [0.25, 0.3) is 5.70 Å². The summed E-state index contributed by atoms with van der Waals surface area (Å²) in [5.41, 5.74) is 3.56. The lowest BCUT2D eigenvalue weighted by Gasteiger charge is -2.30. The van der Waals surface area contributed by atoms with Crippen LogP contribution in [0, 0.1) is 11.8 Å². The maximum Gasteiger partial charge on any atom is 0.322 e. The van der Waals surface area contributed by atoms with Crippen LogP contribution in [0.5, 0.6) is 5.75 Å². The van der Waals surface area contributed by atoms with Gasteiger partial charge >= 0.3 is 6.03 Å². The molecule has 2 aliphatic rings. The molecule has 3 amide bonds. The van der Waals surface area contributed by atoms with E-state index in [2.05, 4.69) is 34.0 Å². The highest BCUT2D eigenvalue weighted by atomic mass is 16.5. The van der Waals surface area contributed by atoms with E-state index < -0.39 is 11.6 Å². The topological polar surface area (TPSA) is 73.9 Å². The first-order valence-electron chi connectivity index (χ1n) is 10.8. The number of amides is 3. The van der Waals surface area contributed by atoms with Gasteiger partial charge < -0.3 is 15.0 Å². The molecule has 2 aliphatic heterocycles. The normalized spacial score (nSPS) is 19.2. The molecular weight excluding hydrogens is 416 g/mol. The summed E-state index contributed by atoms with van der Waals surface area (Å²) in [5.74, 6) is 6.68. The highest BCUT2D eigenvalue weighted by Crippen LogP contribution is 2.36. The zero-order chi connectivity index (χ0) is 23.6. The molecule has 170 valence electrons. The predicted octanol–water partition coefficient (Wildman–Crippen LogP) is 2.52. The molecule has 0 spiro atoms. The molecule has 33 heavy (non-hydrogen) atoms. The van der Waals surface area contributed by atoms with Gasteiger partial charge in [-0.1, -0.05) is 30.6 Å². The van der Waals surface area contributed by atoms with E-state index in [1.807, 2.05) is 61.5 Å². The van der Waals surface area contributed by atoms with Gasteiger partial charge in [0.15, 0.2) is 0 Å². The predicted molar refractivity (Wildman–Crippen MR) is 127 cm³/mol. The van der Waals surface area contributed by atoms with Crippen LogP contribution >= 0.6 is 0 Å². The Kier molecular flexibility index (Phi) is 6.12. The van der Waals surface area contributed by atoms with Crippen LogP contribution in [0.2, 0.25) is 0 Å². The molecule has 0 saturated carbocycles. The Bertz CT molecular complexity index is 1160. The van der Waals surface area contributed by atoms with E-state index in [-0.39, 0.29) is 5.91 Å². The van der Waals surface area contributed by atoms with E-state index in [9.17, 15) is 9.59 Å². The Morgan fingerprint density at radius 1 is 1.18 bits per heavy atom. The number of nitrogens with one attached hydrogen (secondary N) is 2. The van der Waals surface area contributed by atoms with Crippen LogP contribution in [0.15, 0.2) is 49.0 Å². The first-order chi connectivity index (χ1) is 15.8. The zero-order valence-corrected chi connectivity index (χ0v) is 19.2. The van der Waals surface area contributed by atoms with Gasteiger partial charge in [0.1, 0.15) is 11.3 Å². The van der Waals surface area contributed by atoms with Crippen LogP contribution in [0.1, 0.15) is 28.7 Å². The van der Waals surface area contributed by atoms with E-state index in [1.165, 1.54) is 0 Å². The molecule has 1 atom stereocenters. The Labute approximate surface area is 194 Å². The summed E-state index contributed by atoms with van der Waals surface area (Å²) in [6.45, 7) is 6.13. The molecule has 1 unspecified atom stereocenters. The number of nitrogens with zero attached hydrogens (tertiary/aromatic N) is 2. The fourth-order valence-electron chi connectivity index (χ4n) is 4.25. The summed E-state index contributed by atoms with van der Waals surface area (Å²) in [6.07, 6.45) is 0.403. The number of rotatable bonds is 6. The van der Waals surface area contributed by atoms with Gasteiger partial charge in [-0.05, 0) is 55.6 Å². The number of ether oxygens (including phenoxy) is 1. The van der Waals surface area contributed by atoms with Crippen molar-refractivity contribution in [3.8, 4) is 17.6 Å². The third-order valence-electron chi connectivity index (χ3n) is 6.07. The lowest BCUT2D eigenvalue weighted by Crippen LogP contribution is -2.45. The lowest BCUT2D eigenvalue weighted by molar-refractivity contribution is -0.124. The molecular formula is C26H28N4O3. The molecule has 1 saturated heterocycles. The third kappa shape index (κ3) is 4.43. The van der Waals surface area contributed by atoms with E-state index in [0.29, 0.717) is 26.1 Å². The second kappa shape index (κ2) is 9.00. The van der Waals surface area contributed by atoms with Crippen LogP contribution < -0.4 is 15.4 Å². The summed E-state index contributed by atoms with van der Waals surface area (Å²) < 4.78 is 5.34. The standard InChI is InChI=1S/C26H28N4O3/c1-18-23-12-11-22(33-4)16-20(23)17-30(18)15-13-26(24(31)27-25(32)28-26)21-9-7-19(8-10-21)6-5-14-29(2)3/h7-12,16H,1,13-15,17H2,2-4H3,(H2,27,28,31,32). The quantitative estimate of drug-likeness (QED) is 0.529. The summed E-state index contributed by atoms with van der Waals surface area (Å²) in [5, 5.41) is 5.28. The molecule has 0 radical (unpaired) electrons. The number of hydrogen-bond acceptors (Lipinski definition) is 5. The largest absolute Gasteiger partial charge is 0.497 e. The summed E-state index contributed by atoms with van der Waals surface area (Å²) >= 11 is 0. The molecule has 2 aromatic rings. The number of imide groups is 1. The first kappa shape index (κ1) is 22.4. The van der Waals surface area contributed by atoms with Gasteiger partial charge in [0, 0.05) is 36.3 Å². The van der Waals surface area contributed by atoms with E-state index in [1.54, 1.807) is 7.11 Å². The van der Waals surface area contributed by atoms with E-state index in [4.69, 9.17) is 4.74 Å². The average Bonchev–Trinajstić information content (AvgIpc) is 3.27. The molecule has 1 fully saturated rings. The minimum absolute atomic E-state index is 0.345. The Balaban J connectivity index is 1.54. The van der Waals surface area contributed by atoms with Gasteiger partial charge in [0.05, 0.1) is 13.7 Å². The molecule has 2 heterocycles. The Hall–Kier alpha value is -3.76. The van der Waals surface area contributed by atoms with Crippen molar-refractivity contribution in [2.75, 3.05) is 34.3 Å². The number of carbonyl (C=O) groups is 2. The average molecular weight is 445 g/mol. The maximum absolute atomic E-state index is 12.9. The smallest absolute Gasteiger partial charge is 0.322 e. The van der Waals surface area contributed by atoms with Crippen LogP contribution in [0.3, 0.4) is 0 Å². The summed E-state index contributed by atoms with van der Waals surface area (Å²) in [4.78, 5) is 29.2. The minimum Gasteiger partial charge on any atom is -0.497 e. The van der Waals surface area contributed by atoms with Gasteiger partial charge in [0.2, 0.25) is 0 Å². The Morgan fingerprint density at radius 2 is 1.94 bits per heavy atom. The second-order valence-corrected chi connectivity index (χ2v) is 8.57. The highest BCUT2D eigenvalue weighted by molar-refractivity contribution is 6.07. The summed E-state index contributed by atoms with van der Waals surface area (Å²) in [6, 6.07) is 12.9. The molecule has 2 aromatic carbocycles. The number of methoxy groups -OCH3 is 1. The molecule has 4 rings (SSSR count). The van der Waals surface area contributed by atoms with Gasteiger partial charge in [-0.15, -0.1) is 0 Å². The lowest BCUT2D eigenvalue weighted by atomic mass is 9.86. The second-order valence-electron chi connectivity index (χ2n) is 8.57. The van der Waals surface area contributed by atoms with Crippen molar-refractivity contribution >= 4 is 17.6 Å². The number of urea groups is 1. The van der Waals surface area contributed by atoms with Crippen molar-refractivity contribution in [3.05, 3.63) is 71.3 Å². The molecule has 2 N–H and O–H groups in total. The molecule has 7 nitrogen and oxygen atoms in total. The fraction of sp³-hybridized carbons (Fsp3) is 0.308. The first-order valence-corrected chi connectivity index (χ1v) is 10.8. The highest BCUT2D eigenvalue weighted by Gasteiger charge is 2.47. The van der Waals surface area contributed by atoms with Crippen molar-refractivity contribution in [3.63, 3.8) is 0 Å². The van der Waals surface area contributed by atoms with E-state index in [0.717, 1.165) is 33.7 Å².